The first-order chi connectivity index (χ1) is 24.3. The molecule has 0 fully saturated rings. The van der Waals surface area contributed by atoms with Crippen LogP contribution in [0.3, 0.4) is 0 Å². The van der Waals surface area contributed by atoms with Gasteiger partial charge in [0.2, 0.25) is 0 Å². The van der Waals surface area contributed by atoms with Crippen LogP contribution in [-0.4, -0.2) is 15.2 Å². The molecule has 0 saturated heterocycles. The van der Waals surface area contributed by atoms with E-state index < -0.39 is 0 Å². The van der Waals surface area contributed by atoms with Crippen molar-refractivity contribution < 1.29 is 13.6 Å². The SMILES string of the molecule is C1=CC2Oc3ccc(-n4c5ccccc5c5cc(-c6ccoc6)ccc54)cc3C2C=C1n1c2ccccc2c2cc(-c3ccoc3)ccc21. The summed E-state index contributed by atoms with van der Waals surface area (Å²) in [6.45, 7) is 0. The first-order valence-electron chi connectivity index (χ1n) is 16.6. The highest BCUT2D eigenvalue weighted by molar-refractivity contribution is 6.12. The predicted octanol–water partition coefficient (Wildman–Crippen LogP) is 11.4. The quantitative estimate of drug-likeness (QED) is 0.194. The van der Waals surface area contributed by atoms with E-state index in [-0.39, 0.29) is 12.0 Å². The van der Waals surface area contributed by atoms with Gasteiger partial charge in [0.05, 0.1) is 47.1 Å². The summed E-state index contributed by atoms with van der Waals surface area (Å²) >= 11 is 0. The van der Waals surface area contributed by atoms with E-state index >= 15 is 0 Å². The fourth-order valence-electron chi connectivity index (χ4n) is 8.08. The molecule has 1 aliphatic carbocycles. The maximum atomic E-state index is 6.55. The molecule has 5 heteroatoms. The van der Waals surface area contributed by atoms with Gasteiger partial charge < -0.3 is 22.7 Å². The smallest absolute Gasteiger partial charge is 0.128 e. The molecule has 0 saturated carbocycles. The molecule has 2 aliphatic rings. The number of aromatic nitrogens is 2. The number of rotatable bonds is 4. The molecule has 9 aromatic rings. The van der Waals surface area contributed by atoms with E-state index in [1.54, 1.807) is 25.1 Å². The molecule has 2 atom stereocenters. The summed E-state index contributed by atoms with van der Waals surface area (Å²) in [5, 5.41) is 4.89. The molecule has 0 radical (unpaired) electrons. The standard InChI is InChI=1S/C44H28N2O3/c1-3-7-39-33(5-1)35-21-27(29-17-19-47-25-29)9-13-41(35)45(39)31-11-15-43-37(23-31)38-24-32(12-16-44(38)49-43)46-40-8-4-2-6-34(40)36-22-28(10-14-42(36)46)30-18-20-48-26-30/h1-26,37,43H. The van der Waals surface area contributed by atoms with E-state index in [2.05, 4.69) is 130 Å². The Bertz CT molecular complexity index is 2810. The molecule has 1 aliphatic heterocycles. The normalized spacial score (nSPS) is 16.8. The molecular formula is C44H28N2O3. The number of benzene rings is 5. The lowest BCUT2D eigenvalue weighted by atomic mass is 9.90. The Balaban J connectivity index is 1.05. The van der Waals surface area contributed by atoms with Crippen molar-refractivity contribution in [3.05, 3.63) is 164 Å². The van der Waals surface area contributed by atoms with Gasteiger partial charge >= 0.3 is 0 Å². The van der Waals surface area contributed by atoms with E-state index in [0.717, 1.165) is 39.4 Å². The largest absolute Gasteiger partial charge is 0.485 e. The van der Waals surface area contributed by atoms with Gasteiger partial charge in [-0.25, -0.2) is 0 Å². The van der Waals surface area contributed by atoms with Gasteiger partial charge in [-0.3, -0.25) is 0 Å². The van der Waals surface area contributed by atoms with Gasteiger partial charge in [0.1, 0.15) is 11.9 Å². The Morgan fingerprint density at radius 2 is 1.12 bits per heavy atom. The van der Waals surface area contributed by atoms with Crippen LogP contribution < -0.4 is 4.74 Å². The van der Waals surface area contributed by atoms with Crippen LogP contribution in [0.15, 0.2) is 167 Å². The van der Waals surface area contributed by atoms with Gasteiger partial charge in [-0.1, -0.05) is 48.5 Å². The molecule has 4 aromatic heterocycles. The topological polar surface area (TPSA) is 45.4 Å². The molecule has 0 bridgehead atoms. The highest BCUT2D eigenvalue weighted by Gasteiger charge is 2.34. The number of fused-ring (bicyclic) bond motifs is 9. The van der Waals surface area contributed by atoms with E-state index in [9.17, 15) is 0 Å². The first-order valence-corrected chi connectivity index (χ1v) is 16.6. The minimum atomic E-state index is -0.0505. The molecule has 0 spiro atoms. The second-order valence-electron chi connectivity index (χ2n) is 13.0. The van der Waals surface area contributed by atoms with Crippen LogP contribution in [0.2, 0.25) is 0 Å². The van der Waals surface area contributed by atoms with Crippen LogP contribution in [0.4, 0.5) is 0 Å². The monoisotopic (exact) mass is 632 g/mol. The summed E-state index contributed by atoms with van der Waals surface area (Å²) in [6, 6.07) is 41.4. The van der Waals surface area contributed by atoms with Gasteiger partial charge in [0, 0.05) is 55.5 Å². The summed E-state index contributed by atoms with van der Waals surface area (Å²) in [5.41, 5.74) is 12.6. The zero-order valence-corrected chi connectivity index (χ0v) is 26.3. The highest BCUT2D eigenvalue weighted by atomic mass is 16.5. The average Bonchev–Trinajstić information content (AvgIpc) is 3.99. The minimum absolute atomic E-state index is 0.0505. The van der Waals surface area contributed by atoms with Crippen LogP contribution in [0, 0.1) is 0 Å². The van der Waals surface area contributed by atoms with E-state index in [4.69, 9.17) is 13.6 Å². The number of allylic oxidation sites excluding steroid dienone is 2. The van der Waals surface area contributed by atoms with E-state index in [0.29, 0.717) is 0 Å². The first kappa shape index (κ1) is 26.6. The van der Waals surface area contributed by atoms with Gasteiger partial charge in [-0.2, -0.15) is 0 Å². The van der Waals surface area contributed by atoms with E-state index in [1.807, 2.05) is 12.1 Å². The van der Waals surface area contributed by atoms with Crippen molar-refractivity contribution in [2.75, 3.05) is 0 Å². The van der Waals surface area contributed by atoms with Crippen molar-refractivity contribution in [2.45, 2.75) is 12.0 Å². The molecule has 0 N–H and O–H groups in total. The van der Waals surface area contributed by atoms with Crippen molar-refractivity contribution in [3.63, 3.8) is 0 Å². The van der Waals surface area contributed by atoms with Gasteiger partial charge in [0.25, 0.3) is 0 Å². The van der Waals surface area contributed by atoms with Crippen LogP contribution in [-0.2, 0) is 0 Å². The third kappa shape index (κ3) is 3.87. The van der Waals surface area contributed by atoms with E-state index in [1.165, 1.54) is 49.2 Å². The number of ether oxygens (including phenoxy) is 1. The molecule has 5 aromatic carbocycles. The third-order valence-electron chi connectivity index (χ3n) is 10.3. The molecule has 11 rings (SSSR count). The molecule has 232 valence electrons. The number of para-hydroxylation sites is 2. The van der Waals surface area contributed by atoms with Crippen LogP contribution >= 0.6 is 0 Å². The van der Waals surface area contributed by atoms with Crippen LogP contribution in [0.5, 0.6) is 5.75 Å². The minimum Gasteiger partial charge on any atom is -0.485 e. The van der Waals surface area contributed by atoms with Crippen molar-refractivity contribution in [1.82, 2.24) is 9.13 Å². The second-order valence-corrected chi connectivity index (χ2v) is 13.0. The molecule has 0 amide bonds. The number of hydrogen-bond donors (Lipinski definition) is 0. The zero-order chi connectivity index (χ0) is 32.1. The molecule has 49 heavy (non-hydrogen) atoms. The fourth-order valence-corrected chi connectivity index (χ4v) is 8.08. The summed E-state index contributed by atoms with van der Waals surface area (Å²) in [4.78, 5) is 0. The Kier molecular flexibility index (Phi) is 5.44. The summed E-state index contributed by atoms with van der Waals surface area (Å²) in [5.74, 6) is 1.02. The summed E-state index contributed by atoms with van der Waals surface area (Å²) in [7, 11) is 0. The van der Waals surface area contributed by atoms with Crippen molar-refractivity contribution in [1.29, 1.82) is 0 Å². The number of hydrogen-bond acceptors (Lipinski definition) is 3. The van der Waals surface area contributed by atoms with Crippen molar-refractivity contribution in [2.24, 2.45) is 0 Å². The van der Waals surface area contributed by atoms with Gasteiger partial charge in [0.15, 0.2) is 0 Å². The third-order valence-corrected chi connectivity index (χ3v) is 10.3. The van der Waals surface area contributed by atoms with Crippen LogP contribution in [0.1, 0.15) is 11.5 Å². The summed E-state index contributed by atoms with van der Waals surface area (Å²) < 4.78 is 22.1. The predicted molar refractivity (Wildman–Crippen MR) is 196 cm³/mol. The molecule has 5 heterocycles. The number of nitrogens with zero attached hydrogens (tertiary/aromatic N) is 2. The molecule has 5 nitrogen and oxygen atoms in total. The molecular weight excluding hydrogens is 604 g/mol. The maximum absolute atomic E-state index is 6.55. The Labute approximate surface area is 281 Å². The Morgan fingerprint density at radius 1 is 0.510 bits per heavy atom. The van der Waals surface area contributed by atoms with Gasteiger partial charge in [-0.05, 0) is 96.1 Å². The second kappa shape index (κ2) is 10.0. The molecule has 2 unspecified atom stereocenters. The zero-order valence-electron chi connectivity index (χ0n) is 26.3. The fraction of sp³-hybridized carbons (Fsp3) is 0.0455. The average molecular weight is 633 g/mol. The maximum Gasteiger partial charge on any atom is 0.128 e. The van der Waals surface area contributed by atoms with Crippen molar-refractivity contribution >= 4 is 49.3 Å². The van der Waals surface area contributed by atoms with Gasteiger partial charge in [-0.15, -0.1) is 0 Å². The Morgan fingerprint density at radius 3 is 1.78 bits per heavy atom. The lowest BCUT2D eigenvalue weighted by molar-refractivity contribution is 0.269. The lowest BCUT2D eigenvalue weighted by Crippen LogP contribution is -2.18. The number of furan rings is 2. The highest BCUT2D eigenvalue weighted by Crippen LogP contribution is 2.46. The lowest BCUT2D eigenvalue weighted by Gasteiger charge is -2.20. The van der Waals surface area contributed by atoms with Crippen molar-refractivity contribution in [3.8, 4) is 33.7 Å². The summed E-state index contributed by atoms with van der Waals surface area (Å²) in [6.07, 6.45) is 13.8. The van der Waals surface area contributed by atoms with Crippen LogP contribution in [0.25, 0.3) is 77.2 Å². The Hall–Kier alpha value is -6.46.